The first-order valence-electron chi connectivity index (χ1n) is 9.60. The molecule has 2 heterocycles. The second-order valence-corrected chi connectivity index (χ2v) is 6.86. The third-order valence-electron chi connectivity index (χ3n) is 4.50. The first kappa shape index (κ1) is 20.9. The largest absolute Gasteiger partial charge is 0.326 e. The van der Waals surface area contributed by atoms with E-state index < -0.39 is 29.9 Å². The first-order valence-corrected chi connectivity index (χ1v) is 9.60. The summed E-state index contributed by atoms with van der Waals surface area (Å²) in [6.07, 6.45) is 4.90. The van der Waals surface area contributed by atoms with Gasteiger partial charge in [0.05, 0.1) is 16.9 Å². The van der Waals surface area contributed by atoms with Crippen LogP contribution < -0.4 is 10.6 Å². The van der Waals surface area contributed by atoms with Crippen LogP contribution in [0.1, 0.15) is 17.8 Å². The number of anilines is 2. The fraction of sp³-hybridized carbons (Fsp3) is 0.0435. The maximum Gasteiger partial charge on any atom is 0.233 e. The molecule has 4 aromatic rings. The molecule has 0 aliphatic rings. The van der Waals surface area contributed by atoms with Crippen LogP contribution >= 0.6 is 0 Å². The molecular weight excluding hydrogens is 416 g/mol. The number of hydrogen-bond acceptors (Lipinski definition) is 4. The number of aromatic nitrogens is 3. The van der Waals surface area contributed by atoms with Crippen molar-refractivity contribution in [2.24, 2.45) is 0 Å². The highest BCUT2D eigenvalue weighted by molar-refractivity contribution is 6.08. The van der Waals surface area contributed by atoms with Crippen molar-refractivity contribution in [1.29, 1.82) is 0 Å². The van der Waals surface area contributed by atoms with E-state index in [4.69, 9.17) is 0 Å². The molecule has 0 fully saturated rings. The van der Waals surface area contributed by atoms with Gasteiger partial charge in [-0.1, -0.05) is 6.07 Å². The van der Waals surface area contributed by atoms with Gasteiger partial charge in [-0.25, -0.2) is 8.78 Å². The summed E-state index contributed by atoms with van der Waals surface area (Å²) < 4.78 is 26.2. The summed E-state index contributed by atoms with van der Waals surface area (Å²) in [6, 6.07) is 13.7. The van der Waals surface area contributed by atoms with E-state index in [2.05, 4.69) is 25.8 Å². The minimum atomic E-state index is -1.09. The highest BCUT2D eigenvalue weighted by Crippen LogP contribution is 2.22. The van der Waals surface area contributed by atoms with Crippen LogP contribution in [0.3, 0.4) is 0 Å². The molecule has 0 aliphatic heterocycles. The van der Waals surface area contributed by atoms with Crippen molar-refractivity contribution in [3.63, 3.8) is 0 Å². The second-order valence-electron chi connectivity index (χ2n) is 6.86. The Labute approximate surface area is 181 Å². The average molecular weight is 433 g/mol. The molecule has 0 spiro atoms. The molecule has 160 valence electrons. The number of nitrogens with one attached hydrogen (secondary N) is 3. The molecule has 4 rings (SSSR count). The van der Waals surface area contributed by atoms with E-state index in [9.17, 15) is 18.4 Å². The number of amides is 2. The van der Waals surface area contributed by atoms with Gasteiger partial charge in [-0.15, -0.1) is 0 Å². The molecule has 0 aliphatic carbocycles. The highest BCUT2D eigenvalue weighted by Gasteiger charge is 2.12. The molecule has 9 heteroatoms. The number of nitrogens with zero attached hydrogens (tertiary/aromatic N) is 2. The smallest absolute Gasteiger partial charge is 0.233 e. The van der Waals surface area contributed by atoms with Crippen LogP contribution in [0, 0.1) is 11.6 Å². The van der Waals surface area contributed by atoms with Crippen LogP contribution in [0.15, 0.2) is 60.8 Å². The summed E-state index contributed by atoms with van der Waals surface area (Å²) in [5.41, 5.74) is 2.76. The first-order chi connectivity index (χ1) is 15.5. The maximum atomic E-state index is 13.2. The zero-order valence-corrected chi connectivity index (χ0v) is 16.6. The summed E-state index contributed by atoms with van der Waals surface area (Å²) in [4.78, 5) is 28.4. The van der Waals surface area contributed by atoms with Gasteiger partial charge < -0.3 is 10.6 Å². The van der Waals surface area contributed by atoms with Crippen molar-refractivity contribution in [2.75, 3.05) is 10.6 Å². The van der Waals surface area contributed by atoms with E-state index in [0.29, 0.717) is 11.2 Å². The van der Waals surface area contributed by atoms with Gasteiger partial charge in [0.1, 0.15) is 6.42 Å². The number of carbonyl (C=O) groups is 2. The van der Waals surface area contributed by atoms with Crippen molar-refractivity contribution < 1.29 is 18.4 Å². The molecule has 0 radical (unpaired) electrons. The van der Waals surface area contributed by atoms with Gasteiger partial charge in [0.2, 0.25) is 11.8 Å². The molecule has 0 saturated carbocycles. The van der Waals surface area contributed by atoms with Gasteiger partial charge in [-0.3, -0.25) is 19.7 Å². The summed E-state index contributed by atoms with van der Waals surface area (Å²) in [5.74, 6) is -3.32. The maximum absolute atomic E-state index is 13.2. The van der Waals surface area contributed by atoms with Gasteiger partial charge in [0.15, 0.2) is 11.6 Å². The fourth-order valence-corrected chi connectivity index (χ4v) is 3.01. The molecule has 2 aromatic heterocycles. The predicted octanol–water partition coefficient (Wildman–Crippen LogP) is 4.37. The van der Waals surface area contributed by atoms with E-state index in [1.54, 1.807) is 24.4 Å². The lowest BCUT2D eigenvalue weighted by Gasteiger charge is -2.07. The Balaban J connectivity index is 1.38. The van der Waals surface area contributed by atoms with Crippen molar-refractivity contribution in [3.8, 4) is 0 Å². The highest BCUT2D eigenvalue weighted by atomic mass is 19.2. The number of hydrogen-bond donors (Lipinski definition) is 3. The summed E-state index contributed by atoms with van der Waals surface area (Å²) in [5, 5.41) is 13.0. The van der Waals surface area contributed by atoms with Crippen molar-refractivity contribution in [2.45, 2.75) is 6.42 Å². The quantitative estimate of drug-likeness (QED) is 0.393. The third-order valence-corrected chi connectivity index (χ3v) is 4.50. The van der Waals surface area contributed by atoms with Gasteiger partial charge in [0.25, 0.3) is 0 Å². The molecule has 0 saturated heterocycles. The molecule has 0 bridgehead atoms. The van der Waals surface area contributed by atoms with Gasteiger partial charge in [0, 0.05) is 29.0 Å². The number of benzene rings is 2. The van der Waals surface area contributed by atoms with Crippen molar-refractivity contribution in [1.82, 2.24) is 15.2 Å². The van der Waals surface area contributed by atoms with Crippen LogP contribution in [0.4, 0.5) is 20.2 Å². The zero-order chi connectivity index (χ0) is 22.5. The van der Waals surface area contributed by atoms with E-state index in [1.807, 2.05) is 30.4 Å². The van der Waals surface area contributed by atoms with E-state index >= 15 is 0 Å². The minimum Gasteiger partial charge on any atom is -0.326 e. The van der Waals surface area contributed by atoms with Crippen LogP contribution in [0.25, 0.3) is 23.1 Å². The van der Waals surface area contributed by atoms with Gasteiger partial charge in [-0.05, 0) is 54.6 Å². The lowest BCUT2D eigenvalue weighted by Crippen LogP contribution is -2.21. The zero-order valence-electron chi connectivity index (χ0n) is 16.6. The Morgan fingerprint density at radius 1 is 0.906 bits per heavy atom. The molecule has 2 amide bonds. The van der Waals surface area contributed by atoms with Crippen molar-refractivity contribution >= 4 is 46.2 Å². The molecule has 2 aromatic carbocycles. The molecule has 7 nitrogen and oxygen atoms in total. The predicted molar refractivity (Wildman–Crippen MR) is 117 cm³/mol. The minimum absolute atomic E-state index is 0.0619. The second kappa shape index (κ2) is 9.17. The van der Waals surface area contributed by atoms with Crippen LogP contribution in [0.2, 0.25) is 0 Å². The van der Waals surface area contributed by atoms with Gasteiger partial charge >= 0.3 is 0 Å². The number of aromatic amines is 1. The average Bonchev–Trinajstić information content (AvgIpc) is 3.17. The Morgan fingerprint density at radius 3 is 2.38 bits per heavy atom. The van der Waals surface area contributed by atoms with Crippen LogP contribution in [-0.2, 0) is 9.59 Å². The summed E-state index contributed by atoms with van der Waals surface area (Å²) in [6.45, 7) is 0. The third kappa shape index (κ3) is 5.01. The Bertz CT molecular complexity index is 1320. The number of carbonyl (C=O) groups excluding carboxylic acids is 2. The Hall–Kier alpha value is -4.40. The molecule has 3 N–H and O–H groups in total. The SMILES string of the molecule is O=C(CC(=O)Nc1ccc2c(/C=C/c3ccccn3)n[nH]c2c1)Nc1ccc(F)c(F)c1. The van der Waals surface area contributed by atoms with Crippen LogP contribution in [-0.4, -0.2) is 27.0 Å². The fourth-order valence-electron chi connectivity index (χ4n) is 3.01. The van der Waals surface area contributed by atoms with E-state index in [-0.39, 0.29) is 5.69 Å². The summed E-state index contributed by atoms with van der Waals surface area (Å²) in [7, 11) is 0. The van der Waals surface area contributed by atoms with E-state index in [0.717, 1.165) is 28.9 Å². The summed E-state index contributed by atoms with van der Waals surface area (Å²) >= 11 is 0. The normalized spacial score (nSPS) is 11.1. The number of pyridine rings is 1. The van der Waals surface area contributed by atoms with E-state index in [1.165, 1.54) is 6.07 Å². The Kier molecular flexibility index (Phi) is 5.98. The molecular formula is C23H17F2N5O2. The molecule has 32 heavy (non-hydrogen) atoms. The Morgan fingerprint density at radius 2 is 1.66 bits per heavy atom. The standard InChI is InChI=1S/C23H17F2N5O2/c24-18-8-5-15(11-19(18)25)27-22(31)13-23(32)28-16-4-7-17-20(29-30-21(17)12-16)9-6-14-3-1-2-10-26-14/h1-12H,13H2,(H,27,31)(H,28,32)(H,29,30)/b9-6+. The number of rotatable bonds is 6. The topological polar surface area (TPSA) is 99.8 Å². The lowest BCUT2D eigenvalue weighted by atomic mass is 10.1. The molecule has 0 unspecified atom stereocenters. The van der Waals surface area contributed by atoms with Crippen LogP contribution in [0.5, 0.6) is 0 Å². The van der Waals surface area contributed by atoms with Gasteiger partial charge in [-0.2, -0.15) is 5.10 Å². The lowest BCUT2D eigenvalue weighted by molar-refractivity contribution is -0.123. The number of halogens is 2. The molecule has 0 atom stereocenters. The number of fused-ring (bicyclic) bond motifs is 1. The monoisotopic (exact) mass is 433 g/mol. The number of H-pyrrole nitrogens is 1. The van der Waals surface area contributed by atoms with Crippen molar-refractivity contribution in [3.05, 3.63) is 83.8 Å².